The molecule has 20 heavy (non-hydrogen) atoms. The summed E-state index contributed by atoms with van der Waals surface area (Å²) in [6.07, 6.45) is 0. The van der Waals surface area contributed by atoms with Gasteiger partial charge in [0.15, 0.2) is 0 Å². The van der Waals surface area contributed by atoms with E-state index in [1.807, 2.05) is 24.3 Å². The highest BCUT2D eigenvalue weighted by atomic mass is 35.5. The smallest absolute Gasteiger partial charge is 0.0613 e. The zero-order valence-corrected chi connectivity index (χ0v) is 14.2. The van der Waals surface area contributed by atoms with E-state index in [4.69, 9.17) is 46.4 Å². The van der Waals surface area contributed by atoms with Gasteiger partial charge in [0.05, 0.1) is 31.5 Å². The molecule has 6 heteroatoms. The Morgan fingerprint density at radius 2 is 1.20 bits per heavy atom. The van der Waals surface area contributed by atoms with Crippen LogP contribution in [0.4, 0.5) is 11.4 Å². The van der Waals surface area contributed by atoms with Crippen LogP contribution in [0.3, 0.4) is 0 Å². The number of rotatable bonds is 1. The van der Waals surface area contributed by atoms with E-state index in [1.54, 1.807) is 11.8 Å². The fourth-order valence-corrected chi connectivity index (χ4v) is 4.12. The Morgan fingerprint density at radius 3 is 1.60 bits per heavy atom. The quantitative estimate of drug-likeness (QED) is 0.540. The van der Waals surface area contributed by atoms with Gasteiger partial charge in [-0.05, 0) is 31.2 Å². The van der Waals surface area contributed by atoms with Crippen molar-refractivity contribution in [3.63, 3.8) is 0 Å². The third-order valence-corrected chi connectivity index (χ3v) is 5.66. The highest BCUT2D eigenvalue weighted by Gasteiger charge is 2.24. The van der Waals surface area contributed by atoms with Crippen LogP contribution < -0.4 is 4.90 Å². The third kappa shape index (κ3) is 2.38. The summed E-state index contributed by atoms with van der Waals surface area (Å²) < 4.78 is 0. The van der Waals surface area contributed by atoms with Gasteiger partial charge < -0.3 is 4.90 Å². The van der Waals surface area contributed by atoms with E-state index in [1.165, 1.54) is 0 Å². The first-order valence-corrected chi connectivity index (χ1v) is 8.27. The number of benzene rings is 2. The van der Waals surface area contributed by atoms with E-state index in [0.717, 1.165) is 27.7 Å². The number of anilines is 2. The highest BCUT2D eigenvalue weighted by Crippen LogP contribution is 2.51. The SMILES string of the molecule is CCN1c2cc(Cl)c(Cl)cc2Sc2cc(Cl)c(Cl)cc21. The van der Waals surface area contributed by atoms with Crippen molar-refractivity contribution in [2.75, 3.05) is 11.4 Å². The van der Waals surface area contributed by atoms with E-state index in [0.29, 0.717) is 20.1 Å². The fraction of sp³-hybridized carbons (Fsp3) is 0.143. The van der Waals surface area contributed by atoms with Crippen LogP contribution in [-0.4, -0.2) is 6.54 Å². The normalized spacial score (nSPS) is 13.2. The summed E-state index contributed by atoms with van der Waals surface area (Å²) in [5.41, 5.74) is 2.08. The molecule has 3 rings (SSSR count). The third-order valence-electron chi connectivity index (χ3n) is 3.12. The molecule has 104 valence electrons. The number of hydrogen-bond donors (Lipinski definition) is 0. The summed E-state index contributed by atoms with van der Waals surface area (Å²) in [7, 11) is 0. The summed E-state index contributed by atoms with van der Waals surface area (Å²) in [6.45, 7) is 2.88. The molecule has 1 aliphatic rings. The molecule has 0 aromatic heterocycles. The molecule has 0 bridgehead atoms. The maximum Gasteiger partial charge on any atom is 0.0613 e. The van der Waals surface area contributed by atoms with E-state index in [2.05, 4.69) is 11.8 Å². The minimum Gasteiger partial charge on any atom is -0.340 e. The standard InChI is InChI=1S/C14H9Cl4NS/c1-2-19-11-3-7(15)9(17)5-13(11)20-14-6-10(18)8(16)4-12(14)19/h3-6H,2H2,1H3. The Morgan fingerprint density at radius 1 is 0.800 bits per heavy atom. The first-order chi connectivity index (χ1) is 9.51. The summed E-state index contributed by atoms with van der Waals surface area (Å²) >= 11 is 26.1. The molecule has 2 aromatic rings. The van der Waals surface area contributed by atoms with Crippen molar-refractivity contribution < 1.29 is 0 Å². The second-order valence-corrected chi connectivity index (χ2v) is 7.03. The number of halogens is 4. The van der Waals surface area contributed by atoms with Gasteiger partial charge in [-0.15, -0.1) is 0 Å². The summed E-state index contributed by atoms with van der Waals surface area (Å²) in [6, 6.07) is 7.55. The van der Waals surface area contributed by atoms with Crippen molar-refractivity contribution in [3.8, 4) is 0 Å². The molecular weight excluding hydrogens is 356 g/mol. The predicted octanol–water partition coefficient (Wildman–Crippen LogP) is 6.92. The molecule has 0 aliphatic carbocycles. The molecule has 0 saturated carbocycles. The van der Waals surface area contributed by atoms with Gasteiger partial charge >= 0.3 is 0 Å². The Bertz CT molecular complexity index is 645. The van der Waals surface area contributed by atoms with Crippen LogP contribution in [0.15, 0.2) is 34.1 Å². The Balaban J connectivity index is 2.22. The van der Waals surface area contributed by atoms with Crippen LogP contribution >= 0.6 is 58.2 Å². The van der Waals surface area contributed by atoms with Crippen molar-refractivity contribution in [3.05, 3.63) is 44.4 Å². The number of nitrogens with zero attached hydrogens (tertiary/aromatic N) is 1. The first-order valence-electron chi connectivity index (χ1n) is 5.94. The van der Waals surface area contributed by atoms with Crippen molar-refractivity contribution in [1.82, 2.24) is 0 Å². The molecule has 1 heterocycles. The molecule has 0 N–H and O–H groups in total. The van der Waals surface area contributed by atoms with Crippen molar-refractivity contribution in [2.24, 2.45) is 0 Å². The molecular formula is C14H9Cl4NS. The minimum atomic E-state index is 0.549. The highest BCUT2D eigenvalue weighted by molar-refractivity contribution is 7.99. The van der Waals surface area contributed by atoms with E-state index >= 15 is 0 Å². The zero-order chi connectivity index (χ0) is 14.4. The zero-order valence-electron chi connectivity index (χ0n) is 10.4. The Hall–Kier alpha value is -0.250. The lowest BCUT2D eigenvalue weighted by Crippen LogP contribution is -2.20. The Labute approximate surface area is 141 Å². The van der Waals surface area contributed by atoms with E-state index in [-0.39, 0.29) is 0 Å². The maximum atomic E-state index is 6.14. The average molecular weight is 365 g/mol. The largest absolute Gasteiger partial charge is 0.340 e. The lowest BCUT2D eigenvalue weighted by Gasteiger charge is -2.32. The molecule has 2 aromatic carbocycles. The maximum absolute atomic E-state index is 6.14. The summed E-state index contributed by atoms with van der Waals surface area (Å²) in [5.74, 6) is 0. The monoisotopic (exact) mass is 363 g/mol. The lowest BCUT2D eigenvalue weighted by molar-refractivity contribution is 0.979. The van der Waals surface area contributed by atoms with Crippen LogP contribution in [0, 0.1) is 0 Å². The molecule has 0 unspecified atom stereocenters. The molecule has 0 saturated heterocycles. The summed E-state index contributed by atoms with van der Waals surface area (Å²) in [5, 5.41) is 2.20. The molecule has 0 atom stereocenters. The van der Waals surface area contributed by atoms with Crippen LogP contribution in [0.2, 0.25) is 20.1 Å². The van der Waals surface area contributed by atoms with Gasteiger partial charge in [0.1, 0.15) is 0 Å². The van der Waals surface area contributed by atoms with Crippen LogP contribution in [-0.2, 0) is 0 Å². The van der Waals surface area contributed by atoms with Crippen molar-refractivity contribution in [2.45, 2.75) is 16.7 Å². The van der Waals surface area contributed by atoms with Gasteiger partial charge in [-0.2, -0.15) is 0 Å². The topological polar surface area (TPSA) is 3.24 Å². The fourth-order valence-electron chi connectivity index (χ4n) is 2.21. The first kappa shape index (κ1) is 14.7. The van der Waals surface area contributed by atoms with Gasteiger partial charge in [-0.3, -0.25) is 0 Å². The predicted molar refractivity (Wildman–Crippen MR) is 89.7 cm³/mol. The van der Waals surface area contributed by atoms with Gasteiger partial charge in [-0.1, -0.05) is 58.2 Å². The van der Waals surface area contributed by atoms with E-state index < -0.39 is 0 Å². The molecule has 0 spiro atoms. The second kappa shape index (κ2) is 5.51. The lowest BCUT2D eigenvalue weighted by atomic mass is 10.2. The van der Waals surface area contributed by atoms with Crippen LogP contribution in [0.25, 0.3) is 0 Å². The van der Waals surface area contributed by atoms with Crippen LogP contribution in [0.1, 0.15) is 6.92 Å². The van der Waals surface area contributed by atoms with Gasteiger partial charge in [0, 0.05) is 16.3 Å². The summed E-state index contributed by atoms with van der Waals surface area (Å²) in [4.78, 5) is 4.28. The van der Waals surface area contributed by atoms with Crippen molar-refractivity contribution >= 4 is 69.5 Å². The Kier molecular flexibility index (Phi) is 4.04. The van der Waals surface area contributed by atoms with Gasteiger partial charge in [0.2, 0.25) is 0 Å². The molecule has 1 aliphatic heterocycles. The van der Waals surface area contributed by atoms with E-state index in [9.17, 15) is 0 Å². The second-order valence-electron chi connectivity index (χ2n) is 4.31. The van der Waals surface area contributed by atoms with Gasteiger partial charge in [0.25, 0.3) is 0 Å². The minimum absolute atomic E-state index is 0.549. The molecule has 0 amide bonds. The molecule has 1 nitrogen and oxygen atoms in total. The van der Waals surface area contributed by atoms with Crippen LogP contribution in [0.5, 0.6) is 0 Å². The molecule has 0 fully saturated rings. The number of hydrogen-bond acceptors (Lipinski definition) is 2. The number of fused-ring (bicyclic) bond motifs is 2. The van der Waals surface area contributed by atoms with Gasteiger partial charge in [-0.25, -0.2) is 0 Å². The average Bonchev–Trinajstić information content (AvgIpc) is 2.40. The molecule has 0 radical (unpaired) electrons. The van der Waals surface area contributed by atoms with Crippen molar-refractivity contribution in [1.29, 1.82) is 0 Å².